The molecule has 3 heterocycles. The fourth-order valence-corrected chi connectivity index (χ4v) is 5.39. The summed E-state index contributed by atoms with van der Waals surface area (Å²) in [6.07, 6.45) is 0.514. The van der Waals surface area contributed by atoms with Crippen LogP contribution in [0.3, 0.4) is 0 Å². The first-order valence-electron chi connectivity index (χ1n) is 10.9. The van der Waals surface area contributed by atoms with Crippen LogP contribution in [-0.2, 0) is 7.05 Å². The van der Waals surface area contributed by atoms with E-state index in [1.807, 2.05) is 48.0 Å². The van der Waals surface area contributed by atoms with E-state index in [1.165, 1.54) is 11.3 Å². The molecule has 1 amide bonds. The first kappa shape index (κ1) is 22.1. The van der Waals surface area contributed by atoms with E-state index in [0.29, 0.717) is 23.1 Å². The maximum Gasteiger partial charge on any atom is 0.251 e. The van der Waals surface area contributed by atoms with E-state index in [1.54, 1.807) is 6.92 Å². The van der Waals surface area contributed by atoms with Gasteiger partial charge in [0.15, 0.2) is 5.13 Å². The molecule has 0 saturated carbocycles. The molecule has 4 aromatic rings. The van der Waals surface area contributed by atoms with Crippen molar-refractivity contribution in [1.29, 1.82) is 0 Å². The number of amides is 1. The molecule has 1 unspecified atom stereocenters. The molecule has 1 fully saturated rings. The van der Waals surface area contributed by atoms with E-state index in [0.717, 1.165) is 45.9 Å². The second-order valence-corrected chi connectivity index (χ2v) is 9.99. The Balaban J connectivity index is 1.31. The second kappa shape index (κ2) is 8.90. The van der Waals surface area contributed by atoms with Crippen LogP contribution in [-0.4, -0.2) is 62.2 Å². The molecule has 0 spiro atoms. The number of thiazole rings is 1. The number of aliphatic hydroxyl groups is 1. The summed E-state index contributed by atoms with van der Waals surface area (Å²) in [5, 5.41) is 17.4. The number of carbonyl (C=O) groups is 1. The number of aliphatic hydroxyl groups excluding tert-OH is 1. The van der Waals surface area contributed by atoms with Gasteiger partial charge < -0.3 is 20.3 Å². The van der Waals surface area contributed by atoms with Gasteiger partial charge in [-0.05, 0) is 49.7 Å². The van der Waals surface area contributed by atoms with E-state index < -0.39 is 0 Å². The molecule has 172 valence electrons. The van der Waals surface area contributed by atoms with Crippen LogP contribution in [0.15, 0.2) is 36.4 Å². The number of fused-ring (bicyclic) bond motifs is 2. The molecule has 33 heavy (non-hydrogen) atoms. The van der Waals surface area contributed by atoms with E-state index in [9.17, 15) is 9.90 Å². The molecule has 0 bridgehead atoms. The van der Waals surface area contributed by atoms with Crippen LogP contribution in [0, 0.1) is 0 Å². The third-order valence-electron chi connectivity index (χ3n) is 5.84. The van der Waals surface area contributed by atoms with Crippen LogP contribution in [0.25, 0.3) is 21.3 Å². The lowest BCUT2D eigenvalue weighted by Crippen LogP contribution is -2.38. The number of hydrogen-bond donors (Lipinski definition) is 3. The van der Waals surface area contributed by atoms with Crippen LogP contribution in [0.5, 0.6) is 0 Å². The zero-order chi connectivity index (χ0) is 23.1. The Kier molecular flexibility index (Phi) is 5.96. The summed E-state index contributed by atoms with van der Waals surface area (Å²) in [6.45, 7) is 4.04. The van der Waals surface area contributed by atoms with Gasteiger partial charge in [0.25, 0.3) is 5.91 Å². The number of anilines is 2. The Morgan fingerprint density at radius 3 is 2.94 bits per heavy atom. The Morgan fingerprint density at radius 2 is 2.12 bits per heavy atom. The molecule has 2 aromatic carbocycles. The van der Waals surface area contributed by atoms with Crippen molar-refractivity contribution in [3.8, 4) is 0 Å². The number of aromatic nitrogens is 3. The van der Waals surface area contributed by atoms with Crippen molar-refractivity contribution in [1.82, 2.24) is 24.8 Å². The maximum atomic E-state index is 12.8. The predicted octanol–water partition coefficient (Wildman–Crippen LogP) is 3.76. The molecular weight excluding hydrogens is 460 g/mol. The number of hydrogen-bond acceptors (Lipinski definition) is 7. The molecule has 1 aliphatic heterocycles. The number of nitrogens with zero attached hydrogens (tertiary/aromatic N) is 4. The largest absolute Gasteiger partial charge is 0.392 e. The summed E-state index contributed by atoms with van der Waals surface area (Å²) >= 11 is 7.60. The van der Waals surface area contributed by atoms with Crippen LogP contribution < -0.4 is 10.6 Å². The Hall–Kier alpha value is -2.72. The molecule has 3 N–H and O–H groups in total. The summed E-state index contributed by atoms with van der Waals surface area (Å²) in [5.41, 5.74) is 3.11. The van der Waals surface area contributed by atoms with Crippen LogP contribution in [0.2, 0.25) is 5.02 Å². The Morgan fingerprint density at radius 1 is 1.27 bits per heavy atom. The topological polar surface area (TPSA) is 95.3 Å². The van der Waals surface area contributed by atoms with E-state index >= 15 is 0 Å². The normalized spacial score (nSPS) is 17.6. The van der Waals surface area contributed by atoms with Gasteiger partial charge >= 0.3 is 0 Å². The fraction of sp³-hybridized carbons (Fsp3) is 0.348. The second-order valence-electron chi connectivity index (χ2n) is 8.52. The molecule has 0 radical (unpaired) electrons. The molecule has 10 heteroatoms. The molecule has 2 aromatic heterocycles. The highest BCUT2D eigenvalue weighted by molar-refractivity contribution is 7.22. The van der Waals surface area contributed by atoms with E-state index in [-0.39, 0.29) is 18.1 Å². The van der Waals surface area contributed by atoms with Gasteiger partial charge in [-0.1, -0.05) is 22.9 Å². The number of β-amino-alcohol motifs (C(OH)–C–C–N with tert-alkyl or cyclic N) is 1. The molecule has 5 rings (SSSR count). The first-order chi connectivity index (χ1) is 15.9. The predicted molar refractivity (Wildman–Crippen MR) is 133 cm³/mol. The molecule has 0 aliphatic carbocycles. The summed E-state index contributed by atoms with van der Waals surface area (Å²) in [5.74, 6) is 0.543. The van der Waals surface area contributed by atoms with Crippen LogP contribution in [0.4, 0.5) is 11.1 Å². The van der Waals surface area contributed by atoms with Crippen molar-refractivity contribution in [3.05, 3.63) is 47.0 Å². The highest BCUT2D eigenvalue weighted by atomic mass is 35.5. The maximum absolute atomic E-state index is 12.8. The fourth-order valence-electron chi connectivity index (χ4n) is 4.26. The lowest BCUT2D eigenvalue weighted by molar-refractivity contribution is 0.0935. The van der Waals surface area contributed by atoms with Crippen molar-refractivity contribution in [2.24, 2.45) is 7.05 Å². The molecule has 2 atom stereocenters. The quantitative estimate of drug-likeness (QED) is 0.385. The van der Waals surface area contributed by atoms with Crippen molar-refractivity contribution < 1.29 is 9.90 Å². The minimum atomic E-state index is -0.366. The van der Waals surface area contributed by atoms with Gasteiger partial charge in [0.2, 0.25) is 5.95 Å². The van der Waals surface area contributed by atoms with Gasteiger partial charge in [0.05, 0.1) is 27.4 Å². The number of halogens is 1. The average Bonchev–Trinajstić information content (AvgIpc) is 3.45. The van der Waals surface area contributed by atoms with Gasteiger partial charge in [-0.3, -0.25) is 9.69 Å². The smallest absolute Gasteiger partial charge is 0.251 e. The Labute approximate surface area is 200 Å². The third kappa shape index (κ3) is 4.67. The summed E-state index contributed by atoms with van der Waals surface area (Å²) < 4.78 is 2.95. The first-order valence-corrected chi connectivity index (χ1v) is 12.1. The molecular formula is C23H25ClN6O2S. The minimum absolute atomic E-state index is 0.0837. The highest BCUT2D eigenvalue weighted by Gasteiger charge is 2.25. The number of imidazole rings is 1. The van der Waals surface area contributed by atoms with E-state index in [4.69, 9.17) is 16.6 Å². The molecule has 8 nitrogen and oxygen atoms in total. The monoisotopic (exact) mass is 484 g/mol. The SMILES string of the molecule is C[C@@H](O)CN1CCC(NC(=O)c2ccc3c(c2)nc(Nc2nc4ccc(Cl)cc4s2)n3C)C1. The number of aryl methyl sites for hydroxylation is 1. The van der Waals surface area contributed by atoms with Crippen molar-refractivity contribution in [2.75, 3.05) is 25.0 Å². The van der Waals surface area contributed by atoms with Gasteiger partial charge in [0.1, 0.15) is 0 Å². The lowest BCUT2D eigenvalue weighted by Gasteiger charge is -2.18. The Bertz CT molecular complexity index is 1330. The molecule has 1 aliphatic rings. The molecule has 1 saturated heterocycles. The number of rotatable bonds is 6. The lowest BCUT2D eigenvalue weighted by atomic mass is 10.1. The minimum Gasteiger partial charge on any atom is -0.392 e. The summed E-state index contributed by atoms with van der Waals surface area (Å²) in [6, 6.07) is 11.3. The van der Waals surface area contributed by atoms with Crippen molar-refractivity contribution >= 4 is 61.2 Å². The van der Waals surface area contributed by atoms with Crippen molar-refractivity contribution in [2.45, 2.75) is 25.5 Å². The van der Waals surface area contributed by atoms with Crippen LogP contribution >= 0.6 is 22.9 Å². The standard InChI is InChI=1S/C23H25ClN6O2S/c1-13(31)11-30-8-7-16(12-30)25-21(32)14-3-6-19-18(9-14)26-22(29(19)2)28-23-27-17-5-4-15(24)10-20(17)33-23/h3-6,9-10,13,16,31H,7-8,11-12H2,1-2H3,(H,25,32)(H,26,27,28)/t13-,16?/m1/s1. The zero-order valence-corrected chi connectivity index (χ0v) is 20.0. The van der Waals surface area contributed by atoms with Gasteiger partial charge in [-0.25, -0.2) is 9.97 Å². The van der Waals surface area contributed by atoms with Crippen molar-refractivity contribution in [3.63, 3.8) is 0 Å². The number of carbonyl (C=O) groups excluding carboxylic acids is 1. The average molecular weight is 485 g/mol. The number of nitrogens with one attached hydrogen (secondary N) is 2. The van der Waals surface area contributed by atoms with Crippen LogP contribution in [0.1, 0.15) is 23.7 Å². The van der Waals surface area contributed by atoms with Gasteiger partial charge in [0, 0.05) is 43.3 Å². The highest BCUT2D eigenvalue weighted by Crippen LogP contribution is 2.31. The third-order valence-corrected chi connectivity index (χ3v) is 7.01. The summed E-state index contributed by atoms with van der Waals surface area (Å²) in [7, 11) is 1.93. The van der Waals surface area contributed by atoms with Gasteiger partial charge in [-0.15, -0.1) is 0 Å². The van der Waals surface area contributed by atoms with E-state index in [2.05, 4.69) is 20.5 Å². The number of likely N-dealkylation sites (tertiary alicyclic amines) is 1. The zero-order valence-electron chi connectivity index (χ0n) is 18.4. The van der Waals surface area contributed by atoms with Gasteiger partial charge in [-0.2, -0.15) is 0 Å². The summed E-state index contributed by atoms with van der Waals surface area (Å²) in [4.78, 5) is 24.3. The number of benzene rings is 2.